The van der Waals surface area contributed by atoms with Crippen molar-refractivity contribution in [2.45, 2.75) is 20.4 Å². The molecule has 0 fully saturated rings. The van der Waals surface area contributed by atoms with Crippen LogP contribution < -0.4 is 5.32 Å². The zero-order valence-electron chi connectivity index (χ0n) is 18.3. The van der Waals surface area contributed by atoms with E-state index in [0.29, 0.717) is 22.6 Å². The SMILES string of the molecule is Cc1cc(-c2nn(-c3ccccc3)cc2CNC(=O)c2oc3ccccc3c2C)ccc1F. The van der Waals surface area contributed by atoms with Gasteiger partial charge in [-0.25, -0.2) is 9.07 Å². The lowest BCUT2D eigenvalue weighted by Crippen LogP contribution is -2.23. The molecule has 1 N–H and O–H groups in total. The number of nitrogens with one attached hydrogen (secondary N) is 1. The first-order valence-corrected chi connectivity index (χ1v) is 10.7. The van der Waals surface area contributed by atoms with E-state index in [1.54, 1.807) is 23.7 Å². The number of benzene rings is 3. The zero-order chi connectivity index (χ0) is 22.9. The molecule has 0 aliphatic carbocycles. The summed E-state index contributed by atoms with van der Waals surface area (Å²) in [6.45, 7) is 3.84. The van der Waals surface area contributed by atoms with E-state index in [2.05, 4.69) is 5.32 Å². The summed E-state index contributed by atoms with van der Waals surface area (Å²) in [5.74, 6) is -0.264. The minimum Gasteiger partial charge on any atom is -0.451 e. The summed E-state index contributed by atoms with van der Waals surface area (Å²) in [5, 5.41) is 8.62. The molecule has 5 nitrogen and oxygen atoms in total. The third-order valence-corrected chi connectivity index (χ3v) is 5.73. The van der Waals surface area contributed by atoms with Gasteiger partial charge in [0.15, 0.2) is 5.76 Å². The number of halogens is 1. The maximum atomic E-state index is 13.9. The van der Waals surface area contributed by atoms with Crippen LogP contribution in [0.5, 0.6) is 0 Å². The monoisotopic (exact) mass is 439 g/mol. The molecule has 0 saturated heterocycles. The van der Waals surface area contributed by atoms with E-state index in [1.165, 1.54) is 6.07 Å². The molecule has 0 bridgehead atoms. The fourth-order valence-electron chi connectivity index (χ4n) is 3.93. The molecule has 0 unspecified atom stereocenters. The molecule has 2 heterocycles. The predicted octanol–water partition coefficient (Wildman–Crippen LogP) is 5.97. The van der Waals surface area contributed by atoms with Crippen LogP contribution in [0.3, 0.4) is 0 Å². The predicted molar refractivity (Wildman–Crippen MR) is 126 cm³/mol. The minimum absolute atomic E-state index is 0.244. The van der Waals surface area contributed by atoms with Gasteiger partial charge in [-0.15, -0.1) is 0 Å². The third kappa shape index (κ3) is 3.91. The van der Waals surface area contributed by atoms with Crippen LogP contribution in [0.4, 0.5) is 4.39 Å². The summed E-state index contributed by atoms with van der Waals surface area (Å²) in [6.07, 6.45) is 1.88. The molecule has 2 aromatic heterocycles. The van der Waals surface area contributed by atoms with Gasteiger partial charge in [0.05, 0.1) is 11.4 Å². The van der Waals surface area contributed by atoms with Gasteiger partial charge in [-0.1, -0.05) is 36.4 Å². The molecule has 0 aliphatic heterocycles. The molecule has 5 rings (SSSR count). The molecular formula is C27H22FN3O2. The van der Waals surface area contributed by atoms with Gasteiger partial charge < -0.3 is 9.73 Å². The Balaban J connectivity index is 1.48. The number of para-hydroxylation sites is 2. The average molecular weight is 439 g/mol. The first kappa shape index (κ1) is 20.7. The Kier molecular flexibility index (Phi) is 5.26. The van der Waals surface area contributed by atoms with Crippen molar-refractivity contribution in [3.8, 4) is 16.9 Å². The minimum atomic E-state index is -0.294. The lowest BCUT2D eigenvalue weighted by molar-refractivity contribution is 0.0924. The first-order valence-electron chi connectivity index (χ1n) is 10.7. The quantitative estimate of drug-likeness (QED) is 0.367. The van der Waals surface area contributed by atoms with Gasteiger partial charge in [-0.2, -0.15) is 5.10 Å². The van der Waals surface area contributed by atoms with E-state index >= 15 is 0 Å². The highest BCUT2D eigenvalue weighted by Gasteiger charge is 2.19. The largest absolute Gasteiger partial charge is 0.451 e. The van der Waals surface area contributed by atoms with Crippen molar-refractivity contribution in [3.05, 3.63) is 107 Å². The molecule has 0 aliphatic rings. The molecule has 0 spiro atoms. The van der Waals surface area contributed by atoms with Crippen LogP contribution in [0, 0.1) is 19.7 Å². The summed E-state index contributed by atoms with van der Waals surface area (Å²) >= 11 is 0. The second-order valence-corrected chi connectivity index (χ2v) is 7.98. The number of hydrogen-bond acceptors (Lipinski definition) is 3. The second kappa shape index (κ2) is 8.39. The van der Waals surface area contributed by atoms with E-state index in [1.807, 2.05) is 67.7 Å². The van der Waals surface area contributed by atoms with Gasteiger partial charge in [-0.05, 0) is 55.8 Å². The topological polar surface area (TPSA) is 60.1 Å². The van der Waals surface area contributed by atoms with Crippen LogP contribution in [0.1, 0.15) is 27.2 Å². The maximum absolute atomic E-state index is 13.9. The molecule has 6 heteroatoms. The Hall–Kier alpha value is -4.19. The van der Waals surface area contributed by atoms with Gasteiger partial charge in [0.2, 0.25) is 0 Å². The van der Waals surface area contributed by atoms with Crippen LogP contribution in [0.2, 0.25) is 0 Å². The van der Waals surface area contributed by atoms with Crippen LogP contribution in [0.15, 0.2) is 83.4 Å². The van der Waals surface area contributed by atoms with Crippen LogP contribution in [0.25, 0.3) is 27.9 Å². The van der Waals surface area contributed by atoms with E-state index in [4.69, 9.17) is 9.52 Å². The number of rotatable bonds is 5. The van der Waals surface area contributed by atoms with Crippen molar-refractivity contribution in [2.24, 2.45) is 0 Å². The number of fused-ring (bicyclic) bond motifs is 1. The summed E-state index contributed by atoms with van der Waals surface area (Å²) in [7, 11) is 0. The lowest BCUT2D eigenvalue weighted by atomic mass is 10.1. The Bertz CT molecular complexity index is 1470. The number of hydrogen-bond donors (Lipinski definition) is 1. The van der Waals surface area contributed by atoms with E-state index in [-0.39, 0.29) is 18.3 Å². The summed E-state index contributed by atoms with van der Waals surface area (Å²) in [6, 6.07) is 22.2. The number of carbonyl (C=O) groups is 1. The molecule has 3 aromatic carbocycles. The molecule has 1 amide bonds. The van der Waals surface area contributed by atoms with Crippen molar-refractivity contribution in [2.75, 3.05) is 0 Å². The first-order chi connectivity index (χ1) is 16.0. The molecule has 0 saturated carbocycles. The molecule has 164 valence electrons. The number of furan rings is 1. The molecule has 33 heavy (non-hydrogen) atoms. The van der Waals surface area contributed by atoms with Crippen molar-refractivity contribution < 1.29 is 13.6 Å². The van der Waals surface area contributed by atoms with Crippen molar-refractivity contribution in [1.29, 1.82) is 0 Å². The van der Waals surface area contributed by atoms with Gasteiger partial charge in [0, 0.05) is 34.8 Å². The van der Waals surface area contributed by atoms with Crippen molar-refractivity contribution in [1.82, 2.24) is 15.1 Å². The highest BCUT2D eigenvalue weighted by atomic mass is 19.1. The molecule has 5 aromatic rings. The normalized spacial score (nSPS) is 11.1. The maximum Gasteiger partial charge on any atom is 0.287 e. The number of carbonyl (C=O) groups excluding carboxylic acids is 1. The average Bonchev–Trinajstić information content (AvgIpc) is 3.42. The lowest BCUT2D eigenvalue weighted by Gasteiger charge is -2.06. The van der Waals surface area contributed by atoms with E-state index < -0.39 is 0 Å². The Morgan fingerprint density at radius 3 is 2.55 bits per heavy atom. The standard InChI is InChI=1S/C27H22FN3O2/c1-17-14-19(12-13-23(17)28)25-20(16-31(30-25)21-8-4-3-5-9-21)15-29-27(32)26-18(2)22-10-6-7-11-24(22)33-26/h3-14,16H,15H2,1-2H3,(H,29,32). The highest BCUT2D eigenvalue weighted by Crippen LogP contribution is 2.27. The smallest absolute Gasteiger partial charge is 0.287 e. The summed E-state index contributed by atoms with van der Waals surface area (Å²) < 4.78 is 21.4. The Morgan fingerprint density at radius 2 is 1.79 bits per heavy atom. The van der Waals surface area contributed by atoms with Gasteiger partial charge in [0.25, 0.3) is 5.91 Å². The number of aromatic nitrogens is 2. The van der Waals surface area contributed by atoms with Gasteiger partial charge in [0.1, 0.15) is 11.4 Å². The number of amides is 1. The Labute approximate surface area is 190 Å². The Morgan fingerprint density at radius 1 is 1.03 bits per heavy atom. The third-order valence-electron chi connectivity index (χ3n) is 5.73. The number of nitrogens with zero attached hydrogens (tertiary/aromatic N) is 2. The zero-order valence-corrected chi connectivity index (χ0v) is 18.3. The van der Waals surface area contributed by atoms with Crippen LogP contribution in [-0.2, 0) is 6.54 Å². The fourth-order valence-corrected chi connectivity index (χ4v) is 3.93. The van der Waals surface area contributed by atoms with E-state index in [0.717, 1.165) is 27.8 Å². The van der Waals surface area contributed by atoms with E-state index in [9.17, 15) is 9.18 Å². The molecular weight excluding hydrogens is 417 g/mol. The van der Waals surface area contributed by atoms with Gasteiger partial charge in [-0.3, -0.25) is 4.79 Å². The molecule has 0 radical (unpaired) electrons. The summed E-state index contributed by atoms with van der Waals surface area (Å²) in [5.41, 5.74) is 5.19. The second-order valence-electron chi connectivity index (χ2n) is 7.98. The highest BCUT2D eigenvalue weighted by molar-refractivity contribution is 5.98. The fraction of sp³-hybridized carbons (Fsp3) is 0.111. The van der Waals surface area contributed by atoms with Crippen molar-refractivity contribution >= 4 is 16.9 Å². The van der Waals surface area contributed by atoms with Crippen LogP contribution in [-0.4, -0.2) is 15.7 Å². The summed E-state index contributed by atoms with van der Waals surface area (Å²) in [4.78, 5) is 13.0. The number of aryl methyl sites for hydroxylation is 2. The van der Waals surface area contributed by atoms with Crippen LogP contribution >= 0.6 is 0 Å². The molecule has 0 atom stereocenters. The van der Waals surface area contributed by atoms with Crippen molar-refractivity contribution in [3.63, 3.8) is 0 Å². The van der Waals surface area contributed by atoms with Gasteiger partial charge >= 0.3 is 0 Å².